The molecule has 0 saturated heterocycles. The van der Waals surface area contributed by atoms with E-state index in [4.69, 9.17) is 5.11 Å². The van der Waals surface area contributed by atoms with Crippen LogP contribution in [0.3, 0.4) is 0 Å². The molecule has 0 saturated carbocycles. The van der Waals surface area contributed by atoms with Gasteiger partial charge < -0.3 is 10.0 Å². The lowest BCUT2D eigenvalue weighted by molar-refractivity contribution is -0.128. The van der Waals surface area contributed by atoms with Gasteiger partial charge in [0.05, 0.1) is 16.2 Å². The molecule has 116 valence electrons. The van der Waals surface area contributed by atoms with Crippen molar-refractivity contribution in [3.63, 3.8) is 0 Å². The van der Waals surface area contributed by atoms with E-state index < -0.39 is 37.8 Å². The summed E-state index contributed by atoms with van der Waals surface area (Å²) >= 11 is 0. The van der Waals surface area contributed by atoms with Crippen molar-refractivity contribution in [1.29, 1.82) is 0 Å². The minimum Gasteiger partial charge on any atom is -0.478 e. The fourth-order valence-electron chi connectivity index (χ4n) is 1.66. The van der Waals surface area contributed by atoms with Crippen LogP contribution in [0.5, 0.6) is 0 Å². The van der Waals surface area contributed by atoms with Crippen molar-refractivity contribution in [2.24, 2.45) is 0 Å². The predicted molar refractivity (Wildman–Crippen MR) is 73.5 cm³/mol. The number of carbonyl (C=O) groups is 2. The van der Waals surface area contributed by atoms with Crippen LogP contribution in [-0.2, 0) is 14.6 Å². The summed E-state index contributed by atoms with van der Waals surface area (Å²) in [6, 6.07) is 1.68. The molecule has 1 N–H and O–H groups in total. The van der Waals surface area contributed by atoms with Crippen LogP contribution in [0.4, 0.5) is 4.39 Å². The zero-order chi connectivity index (χ0) is 16.4. The molecule has 0 radical (unpaired) electrons. The maximum atomic E-state index is 13.7. The Kier molecular flexibility index (Phi) is 5.06. The first-order chi connectivity index (χ1) is 9.56. The van der Waals surface area contributed by atoms with Crippen molar-refractivity contribution < 1.29 is 27.5 Å². The van der Waals surface area contributed by atoms with E-state index in [-0.39, 0.29) is 17.9 Å². The summed E-state index contributed by atoms with van der Waals surface area (Å²) in [6.07, 6.45) is -0.256. The lowest BCUT2D eigenvalue weighted by Gasteiger charge is -2.12. The van der Waals surface area contributed by atoms with Crippen LogP contribution in [0.2, 0.25) is 0 Å². The molecule has 1 rings (SSSR count). The minimum absolute atomic E-state index is 0.155. The first-order valence-electron chi connectivity index (χ1n) is 6.02. The van der Waals surface area contributed by atoms with Gasteiger partial charge in [0.2, 0.25) is 5.91 Å². The number of halogens is 1. The van der Waals surface area contributed by atoms with E-state index in [0.29, 0.717) is 0 Å². The maximum absolute atomic E-state index is 13.7. The molecule has 1 aromatic rings. The normalized spacial score (nSPS) is 11.2. The molecular weight excluding hydrogens is 301 g/mol. The second kappa shape index (κ2) is 6.21. The molecule has 0 bridgehead atoms. The highest BCUT2D eigenvalue weighted by Crippen LogP contribution is 2.22. The molecule has 0 heterocycles. The average molecular weight is 317 g/mol. The first-order valence-corrected chi connectivity index (χ1v) is 7.68. The van der Waals surface area contributed by atoms with Gasteiger partial charge in [0, 0.05) is 26.1 Å². The van der Waals surface area contributed by atoms with Gasteiger partial charge in [-0.2, -0.15) is 0 Å². The Morgan fingerprint density at radius 2 is 1.86 bits per heavy atom. The summed E-state index contributed by atoms with van der Waals surface area (Å²) in [5.74, 6) is -3.22. The van der Waals surface area contributed by atoms with Gasteiger partial charge in [-0.3, -0.25) is 4.79 Å². The maximum Gasteiger partial charge on any atom is 0.335 e. The van der Waals surface area contributed by atoms with Gasteiger partial charge in [0.25, 0.3) is 0 Å². The summed E-state index contributed by atoms with van der Waals surface area (Å²) in [6.45, 7) is 1.25. The monoisotopic (exact) mass is 317 g/mol. The number of amides is 1. The molecule has 1 amide bonds. The zero-order valence-corrected chi connectivity index (χ0v) is 12.7. The number of hydrogen-bond acceptors (Lipinski definition) is 4. The summed E-state index contributed by atoms with van der Waals surface area (Å²) in [4.78, 5) is 23.2. The van der Waals surface area contributed by atoms with Gasteiger partial charge in [-0.05, 0) is 19.1 Å². The average Bonchev–Trinajstić information content (AvgIpc) is 2.38. The summed E-state index contributed by atoms with van der Waals surface area (Å²) in [5, 5.41) is 8.86. The number of carboxylic acid groups (broad SMARTS) is 1. The van der Waals surface area contributed by atoms with Crippen LogP contribution in [0.15, 0.2) is 17.0 Å². The Morgan fingerprint density at radius 1 is 1.29 bits per heavy atom. The van der Waals surface area contributed by atoms with Crippen LogP contribution in [0, 0.1) is 12.7 Å². The number of sulfone groups is 1. The van der Waals surface area contributed by atoms with Gasteiger partial charge in [-0.1, -0.05) is 0 Å². The first kappa shape index (κ1) is 17.1. The molecule has 0 aromatic heterocycles. The number of benzene rings is 1. The number of rotatable bonds is 5. The van der Waals surface area contributed by atoms with E-state index in [9.17, 15) is 22.4 Å². The highest BCUT2D eigenvalue weighted by molar-refractivity contribution is 7.91. The molecule has 1 aromatic carbocycles. The van der Waals surface area contributed by atoms with Crippen molar-refractivity contribution in [1.82, 2.24) is 4.90 Å². The molecule has 0 fully saturated rings. The third-order valence-corrected chi connectivity index (χ3v) is 4.80. The molecule has 0 aliphatic rings. The van der Waals surface area contributed by atoms with Crippen molar-refractivity contribution in [2.45, 2.75) is 18.2 Å². The number of aromatic carboxylic acids is 1. The lowest BCUT2D eigenvalue weighted by Crippen LogP contribution is -2.24. The van der Waals surface area contributed by atoms with E-state index in [1.807, 2.05) is 0 Å². The quantitative estimate of drug-likeness (QED) is 0.877. The molecule has 0 atom stereocenters. The smallest absolute Gasteiger partial charge is 0.335 e. The second-order valence-electron chi connectivity index (χ2n) is 4.74. The molecule has 8 heteroatoms. The lowest BCUT2D eigenvalue weighted by atomic mass is 10.1. The van der Waals surface area contributed by atoms with E-state index in [1.54, 1.807) is 0 Å². The third-order valence-electron chi connectivity index (χ3n) is 2.96. The Hall–Kier alpha value is -1.96. The molecular formula is C13H16FNO5S. The Morgan fingerprint density at radius 3 is 2.33 bits per heavy atom. The summed E-state index contributed by atoms with van der Waals surface area (Å²) < 4.78 is 38.0. The predicted octanol–water partition coefficient (Wildman–Crippen LogP) is 1.08. The van der Waals surface area contributed by atoms with Crippen molar-refractivity contribution in [3.8, 4) is 0 Å². The van der Waals surface area contributed by atoms with E-state index in [1.165, 1.54) is 25.9 Å². The number of carboxylic acids is 1. The van der Waals surface area contributed by atoms with Gasteiger partial charge in [0.15, 0.2) is 9.84 Å². The van der Waals surface area contributed by atoms with Crippen molar-refractivity contribution in [3.05, 3.63) is 29.1 Å². The molecule has 0 aliphatic carbocycles. The topological polar surface area (TPSA) is 91.7 Å². The molecule has 0 unspecified atom stereocenters. The Balaban J connectivity index is 3.19. The van der Waals surface area contributed by atoms with Crippen LogP contribution in [0.1, 0.15) is 22.3 Å². The van der Waals surface area contributed by atoms with E-state index in [2.05, 4.69) is 0 Å². The van der Waals surface area contributed by atoms with Crippen molar-refractivity contribution >= 4 is 21.7 Å². The third kappa shape index (κ3) is 4.01. The summed E-state index contributed by atoms with van der Waals surface area (Å²) in [7, 11) is -0.967. The van der Waals surface area contributed by atoms with Gasteiger partial charge in [0.1, 0.15) is 5.82 Å². The van der Waals surface area contributed by atoms with Crippen LogP contribution >= 0.6 is 0 Å². The molecule has 0 aliphatic heterocycles. The highest BCUT2D eigenvalue weighted by atomic mass is 32.2. The molecule has 21 heavy (non-hydrogen) atoms. The van der Waals surface area contributed by atoms with E-state index in [0.717, 1.165) is 12.1 Å². The minimum atomic E-state index is -3.95. The fraction of sp³-hybridized carbons (Fsp3) is 0.385. The largest absolute Gasteiger partial charge is 0.478 e. The SMILES string of the molecule is Cc1c(F)cc(C(=O)O)cc1S(=O)(=O)CCC(=O)N(C)C. The number of nitrogens with zero attached hydrogens (tertiary/aromatic N) is 1. The number of hydrogen-bond donors (Lipinski definition) is 1. The molecule has 6 nitrogen and oxygen atoms in total. The number of carbonyl (C=O) groups excluding carboxylic acids is 1. The van der Waals surface area contributed by atoms with Crippen molar-refractivity contribution in [2.75, 3.05) is 19.8 Å². The van der Waals surface area contributed by atoms with E-state index >= 15 is 0 Å². The van der Waals surface area contributed by atoms with Crippen LogP contribution in [0.25, 0.3) is 0 Å². The van der Waals surface area contributed by atoms with Gasteiger partial charge in [-0.25, -0.2) is 17.6 Å². The second-order valence-corrected chi connectivity index (χ2v) is 6.82. The fourth-order valence-corrected chi connectivity index (χ4v) is 3.19. The van der Waals surface area contributed by atoms with Gasteiger partial charge >= 0.3 is 5.97 Å². The zero-order valence-electron chi connectivity index (χ0n) is 11.9. The Labute approximate surface area is 122 Å². The summed E-state index contributed by atoms with van der Waals surface area (Å²) in [5.41, 5.74) is -0.604. The van der Waals surface area contributed by atoms with Crippen LogP contribution < -0.4 is 0 Å². The highest BCUT2D eigenvalue weighted by Gasteiger charge is 2.23. The van der Waals surface area contributed by atoms with Crippen LogP contribution in [-0.4, -0.2) is 50.1 Å². The molecule has 0 spiro atoms. The Bertz CT molecular complexity index is 682. The van der Waals surface area contributed by atoms with Gasteiger partial charge in [-0.15, -0.1) is 0 Å². The standard InChI is InChI=1S/C13H16FNO5S/c1-8-10(14)6-9(13(17)18)7-11(8)21(19,20)5-4-12(16)15(2)3/h6-7H,4-5H2,1-3H3,(H,17,18).